The molecule has 0 aromatic rings. The van der Waals surface area contributed by atoms with E-state index in [1.807, 2.05) is 0 Å². The van der Waals surface area contributed by atoms with Gasteiger partial charge in [0.15, 0.2) is 5.78 Å². The molecule has 3 N–H and O–H groups in total. The van der Waals surface area contributed by atoms with Gasteiger partial charge in [0.25, 0.3) is 0 Å². The Morgan fingerprint density at radius 2 is 2.08 bits per heavy atom. The van der Waals surface area contributed by atoms with E-state index in [0.29, 0.717) is 0 Å². The van der Waals surface area contributed by atoms with Gasteiger partial charge in [-0.15, -0.1) is 0 Å². The van der Waals surface area contributed by atoms with Crippen LogP contribution in [0.2, 0.25) is 0 Å². The van der Waals surface area contributed by atoms with Crippen molar-refractivity contribution in [1.82, 2.24) is 0 Å². The summed E-state index contributed by atoms with van der Waals surface area (Å²) in [6.45, 7) is -0.643. The third kappa shape index (κ3) is 1.41. The summed E-state index contributed by atoms with van der Waals surface area (Å²) in [6.07, 6.45) is -0.777. The average Bonchev–Trinajstić information content (AvgIpc) is 2.00. The van der Waals surface area contributed by atoms with Crippen molar-refractivity contribution >= 4 is 5.78 Å². The third-order valence-corrected chi connectivity index (χ3v) is 1.80. The van der Waals surface area contributed by atoms with E-state index in [1.54, 1.807) is 0 Å². The molecule has 0 radical (unpaired) electrons. The van der Waals surface area contributed by atoms with Gasteiger partial charge in [0.2, 0.25) is 0 Å². The number of hydrogen-bond donors (Lipinski definition) is 3. The lowest BCUT2D eigenvalue weighted by Gasteiger charge is -2.31. The highest BCUT2D eigenvalue weighted by atomic mass is 16.3. The summed E-state index contributed by atoms with van der Waals surface area (Å²) in [4.78, 5) is 10.8. The molecule has 0 bridgehead atoms. The SMILES string of the molecule is O=C1C[C@](O)(CO)CC(O)=C1[O-]. The van der Waals surface area contributed by atoms with E-state index in [-0.39, 0.29) is 6.42 Å². The first-order chi connectivity index (χ1) is 5.48. The number of aliphatic hydroxyl groups excluding tert-OH is 2. The smallest absolute Gasteiger partial charge is 0.154 e. The molecule has 0 aliphatic heterocycles. The van der Waals surface area contributed by atoms with E-state index >= 15 is 0 Å². The molecule has 0 spiro atoms. The van der Waals surface area contributed by atoms with Crippen LogP contribution in [-0.4, -0.2) is 33.3 Å². The normalized spacial score (nSPS) is 31.0. The fourth-order valence-electron chi connectivity index (χ4n) is 1.11. The van der Waals surface area contributed by atoms with E-state index < -0.39 is 35.9 Å². The molecule has 68 valence electrons. The van der Waals surface area contributed by atoms with Gasteiger partial charge in [0, 0.05) is 12.8 Å². The van der Waals surface area contributed by atoms with Crippen molar-refractivity contribution in [2.45, 2.75) is 18.4 Å². The summed E-state index contributed by atoms with van der Waals surface area (Å²) >= 11 is 0. The van der Waals surface area contributed by atoms with Gasteiger partial charge >= 0.3 is 0 Å². The van der Waals surface area contributed by atoms with Crippen molar-refractivity contribution in [2.75, 3.05) is 6.61 Å². The Balaban J connectivity index is 2.92. The fourth-order valence-corrected chi connectivity index (χ4v) is 1.11. The van der Waals surface area contributed by atoms with Gasteiger partial charge in [0.1, 0.15) is 5.60 Å². The first-order valence-corrected chi connectivity index (χ1v) is 3.44. The number of carbonyl (C=O) groups excluding carboxylic acids is 1. The van der Waals surface area contributed by atoms with Crippen LogP contribution in [0.15, 0.2) is 11.5 Å². The minimum atomic E-state index is -1.66. The van der Waals surface area contributed by atoms with Crippen molar-refractivity contribution in [2.24, 2.45) is 0 Å². The molecule has 0 unspecified atom stereocenters. The minimum Gasteiger partial charge on any atom is -0.868 e. The zero-order chi connectivity index (χ0) is 9.35. The van der Waals surface area contributed by atoms with E-state index in [9.17, 15) is 15.0 Å². The Bertz CT molecular complexity index is 244. The quantitative estimate of drug-likeness (QED) is 0.434. The Labute approximate surface area is 68.6 Å². The van der Waals surface area contributed by atoms with Crippen LogP contribution in [-0.2, 0) is 4.79 Å². The summed E-state index contributed by atoms with van der Waals surface area (Å²) in [5, 5.41) is 37.6. The van der Waals surface area contributed by atoms with E-state index in [2.05, 4.69) is 0 Å². The number of aliphatic hydroxyl groups is 3. The molecule has 0 saturated heterocycles. The zero-order valence-electron chi connectivity index (χ0n) is 6.28. The van der Waals surface area contributed by atoms with Crippen molar-refractivity contribution in [3.05, 3.63) is 11.5 Å². The molecule has 0 aromatic heterocycles. The maximum Gasteiger partial charge on any atom is 0.154 e. The van der Waals surface area contributed by atoms with Gasteiger partial charge in [-0.05, 0) is 5.76 Å². The minimum absolute atomic E-state index is 0.353. The molecule has 12 heavy (non-hydrogen) atoms. The number of carbonyl (C=O) groups is 1. The van der Waals surface area contributed by atoms with Crippen molar-refractivity contribution < 1.29 is 25.2 Å². The Morgan fingerprint density at radius 1 is 1.50 bits per heavy atom. The van der Waals surface area contributed by atoms with Gasteiger partial charge in [-0.1, -0.05) is 0 Å². The molecule has 0 heterocycles. The molecule has 1 rings (SSSR count). The lowest BCUT2D eigenvalue weighted by atomic mass is 9.87. The van der Waals surface area contributed by atoms with E-state index in [4.69, 9.17) is 10.2 Å². The number of allylic oxidation sites excluding steroid dienone is 1. The molecular weight excluding hydrogens is 164 g/mol. The molecule has 0 amide bonds. The lowest BCUT2D eigenvalue weighted by Crippen LogP contribution is -2.42. The van der Waals surface area contributed by atoms with Crippen LogP contribution in [0.25, 0.3) is 0 Å². The van der Waals surface area contributed by atoms with Gasteiger partial charge in [0.05, 0.1) is 12.4 Å². The summed E-state index contributed by atoms with van der Waals surface area (Å²) in [5.74, 6) is -2.51. The summed E-state index contributed by atoms with van der Waals surface area (Å²) in [5.41, 5.74) is -1.66. The van der Waals surface area contributed by atoms with Crippen molar-refractivity contribution in [3.63, 3.8) is 0 Å². The van der Waals surface area contributed by atoms with E-state index in [0.717, 1.165) is 0 Å². The van der Waals surface area contributed by atoms with E-state index in [1.165, 1.54) is 0 Å². The monoisotopic (exact) mass is 173 g/mol. The van der Waals surface area contributed by atoms with Gasteiger partial charge in [-0.3, -0.25) is 4.79 Å². The van der Waals surface area contributed by atoms with Crippen LogP contribution in [0.3, 0.4) is 0 Å². The van der Waals surface area contributed by atoms with Crippen LogP contribution < -0.4 is 5.11 Å². The molecule has 0 aromatic carbocycles. The molecule has 5 heteroatoms. The summed E-state index contributed by atoms with van der Waals surface area (Å²) < 4.78 is 0. The molecule has 1 aliphatic carbocycles. The van der Waals surface area contributed by atoms with Gasteiger partial charge in [-0.25, -0.2) is 0 Å². The number of rotatable bonds is 1. The maximum absolute atomic E-state index is 10.8. The number of ketones is 1. The first kappa shape index (κ1) is 9.02. The largest absolute Gasteiger partial charge is 0.868 e. The summed E-state index contributed by atoms with van der Waals surface area (Å²) in [6, 6.07) is 0. The second kappa shape index (κ2) is 2.76. The molecular formula is C7H9O5-. The average molecular weight is 173 g/mol. The predicted molar refractivity (Wildman–Crippen MR) is 35.9 cm³/mol. The van der Waals surface area contributed by atoms with Crippen LogP contribution in [0, 0.1) is 0 Å². The van der Waals surface area contributed by atoms with Crippen LogP contribution in [0.4, 0.5) is 0 Å². The highest BCUT2D eigenvalue weighted by Gasteiger charge is 2.34. The highest BCUT2D eigenvalue weighted by molar-refractivity contribution is 5.94. The van der Waals surface area contributed by atoms with Crippen LogP contribution in [0.5, 0.6) is 0 Å². The standard InChI is InChI=1S/C7H10O5/c8-3-7(12)1-4(9)6(11)5(10)2-7/h8-9,11-12H,1-3H2/p-1/t7-/m0/s1. The summed E-state index contributed by atoms with van der Waals surface area (Å²) in [7, 11) is 0. The third-order valence-electron chi connectivity index (χ3n) is 1.80. The Morgan fingerprint density at radius 3 is 2.50 bits per heavy atom. The fraction of sp³-hybridized carbons (Fsp3) is 0.571. The van der Waals surface area contributed by atoms with Crippen molar-refractivity contribution in [3.8, 4) is 0 Å². The lowest BCUT2D eigenvalue weighted by molar-refractivity contribution is -0.305. The molecule has 1 aliphatic rings. The Kier molecular flexibility index (Phi) is 2.08. The van der Waals surface area contributed by atoms with Crippen LogP contribution in [0.1, 0.15) is 12.8 Å². The molecule has 0 saturated carbocycles. The van der Waals surface area contributed by atoms with Crippen molar-refractivity contribution in [1.29, 1.82) is 0 Å². The van der Waals surface area contributed by atoms with Gasteiger partial charge in [-0.2, -0.15) is 0 Å². The van der Waals surface area contributed by atoms with Gasteiger partial charge < -0.3 is 20.4 Å². The second-order valence-electron chi connectivity index (χ2n) is 2.94. The predicted octanol–water partition coefficient (Wildman–Crippen LogP) is -1.80. The molecule has 1 atom stereocenters. The molecule has 5 nitrogen and oxygen atoms in total. The topological polar surface area (TPSA) is 101 Å². The second-order valence-corrected chi connectivity index (χ2v) is 2.94. The Hall–Kier alpha value is -1.07. The van der Waals surface area contributed by atoms with Crippen LogP contribution >= 0.6 is 0 Å². The number of hydrogen-bond acceptors (Lipinski definition) is 5. The number of Topliss-reactive ketones (excluding diaryl/α,β-unsaturated/α-hetero) is 1. The first-order valence-electron chi connectivity index (χ1n) is 3.44. The maximum atomic E-state index is 10.8. The molecule has 0 fully saturated rings. The highest BCUT2D eigenvalue weighted by Crippen LogP contribution is 2.26. The zero-order valence-corrected chi connectivity index (χ0v) is 6.28.